The summed E-state index contributed by atoms with van der Waals surface area (Å²) in [5.41, 5.74) is 1.16. The van der Waals surface area contributed by atoms with E-state index in [9.17, 15) is 0 Å². The molecule has 2 aromatic carbocycles. The molecule has 1 aliphatic rings. The molecule has 0 amide bonds. The summed E-state index contributed by atoms with van der Waals surface area (Å²) >= 11 is 12.0. The number of halogens is 2. The molecule has 0 radical (unpaired) electrons. The van der Waals surface area contributed by atoms with Gasteiger partial charge in [0.05, 0.1) is 25.5 Å². The fourth-order valence-corrected chi connectivity index (χ4v) is 3.38. The van der Waals surface area contributed by atoms with Gasteiger partial charge in [0.25, 0.3) is 0 Å². The van der Waals surface area contributed by atoms with Crippen LogP contribution in [0, 0.1) is 5.92 Å². The van der Waals surface area contributed by atoms with Crippen LogP contribution in [-0.2, 0) is 11.3 Å². The molecule has 0 saturated carbocycles. The Kier molecular flexibility index (Phi) is 6.69. The second kappa shape index (κ2) is 9.20. The lowest BCUT2D eigenvalue weighted by Gasteiger charge is -2.18. The minimum absolute atomic E-state index is 0.156. The summed E-state index contributed by atoms with van der Waals surface area (Å²) in [5, 5.41) is 5.01. The van der Waals surface area contributed by atoms with E-state index in [1.165, 1.54) is 0 Å². The molecule has 0 fully saturated rings. The zero-order valence-electron chi connectivity index (χ0n) is 15.2. The normalized spacial score (nSPS) is 18.2. The number of benzene rings is 2. The van der Waals surface area contributed by atoms with Crippen LogP contribution in [0.25, 0.3) is 0 Å². The Balaban J connectivity index is 1.56. The lowest BCUT2D eigenvalue weighted by molar-refractivity contribution is 0.0240. The first-order chi connectivity index (χ1) is 13.1. The molecule has 27 heavy (non-hydrogen) atoms. The molecule has 0 bridgehead atoms. The zero-order chi connectivity index (χ0) is 19.2. The maximum absolute atomic E-state index is 6.14. The maximum Gasteiger partial charge on any atom is 0.169 e. The Morgan fingerprint density at radius 3 is 2.52 bits per heavy atom. The number of ether oxygens (including phenoxy) is 3. The fraction of sp³-hybridized carbons (Fsp3) is 0.350. The average molecular weight is 410 g/mol. The summed E-state index contributed by atoms with van der Waals surface area (Å²) in [6.07, 6.45) is 3.41. The molecule has 144 valence electrons. The third-order valence-corrected chi connectivity index (χ3v) is 4.97. The molecule has 0 spiro atoms. The first-order valence-electron chi connectivity index (χ1n) is 8.58. The fourth-order valence-electron chi connectivity index (χ4n) is 2.91. The molecule has 0 aromatic heterocycles. The predicted octanol–water partition coefficient (Wildman–Crippen LogP) is 5.02. The molecular formula is C20H21Cl2NO4. The van der Waals surface area contributed by atoms with Gasteiger partial charge in [-0.1, -0.05) is 34.4 Å². The molecule has 3 rings (SSSR count). The van der Waals surface area contributed by atoms with Crippen molar-refractivity contribution in [3.8, 4) is 17.2 Å². The van der Waals surface area contributed by atoms with Crippen molar-refractivity contribution in [3.63, 3.8) is 0 Å². The minimum atomic E-state index is -0.156. The van der Waals surface area contributed by atoms with Crippen molar-refractivity contribution in [1.82, 2.24) is 0 Å². The summed E-state index contributed by atoms with van der Waals surface area (Å²) in [5.74, 6) is 2.18. The van der Waals surface area contributed by atoms with E-state index in [1.54, 1.807) is 32.4 Å². The number of rotatable bonds is 8. The van der Waals surface area contributed by atoms with Gasteiger partial charge in [0.2, 0.25) is 0 Å². The molecule has 0 saturated heterocycles. The van der Waals surface area contributed by atoms with Gasteiger partial charge in [-0.2, -0.15) is 0 Å². The highest BCUT2D eigenvalue weighted by atomic mass is 35.5. The molecule has 2 aromatic rings. The molecular weight excluding hydrogens is 389 g/mol. The van der Waals surface area contributed by atoms with Gasteiger partial charge in [0.1, 0.15) is 12.4 Å². The molecule has 2 atom stereocenters. The van der Waals surface area contributed by atoms with Gasteiger partial charge in [-0.3, -0.25) is 0 Å². The maximum atomic E-state index is 6.14. The van der Waals surface area contributed by atoms with E-state index in [0.717, 1.165) is 29.9 Å². The van der Waals surface area contributed by atoms with Crippen LogP contribution < -0.4 is 14.2 Å². The highest BCUT2D eigenvalue weighted by Crippen LogP contribution is 2.30. The van der Waals surface area contributed by atoms with Crippen LogP contribution in [0.3, 0.4) is 0 Å². The number of hydrogen-bond acceptors (Lipinski definition) is 5. The van der Waals surface area contributed by atoms with Crippen LogP contribution >= 0.6 is 23.2 Å². The third-order valence-electron chi connectivity index (χ3n) is 4.44. The second-order valence-corrected chi connectivity index (χ2v) is 7.02. The Bertz CT molecular complexity index is 813. The smallest absolute Gasteiger partial charge is 0.169 e. The van der Waals surface area contributed by atoms with Crippen molar-refractivity contribution in [2.75, 3.05) is 20.8 Å². The van der Waals surface area contributed by atoms with Crippen molar-refractivity contribution in [2.45, 2.75) is 18.9 Å². The number of oxime groups is 1. The standard InChI is InChI=1S/C20H21Cl2NO4/c1-24-18-7-4-13(9-19(18)25-2)3-5-14-11-23-27-20(14)12-26-17-8-6-15(21)10-16(17)22/h4,6-11,14,20H,3,5,12H2,1-2H3. The van der Waals surface area contributed by atoms with Gasteiger partial charge < -0.3 is 19.0 Å². The van der Waals surface area contributed by atoms with Crippen LogP contribution in [0.4, 0.5) is 0 Å². The molecule has 1 aliphatic heterocycles. The quantitative estimate of drug-likeness (QED) is 0.613. The van der Waals surface area contributed by atoms with Crippen molar-refractivity contribution in [3.05, 3.63) is 52.0 Å². The molecule has 1 heterocycles. The topological polar surface area (TPSA) is 49.3 Å². The summed E-state index contributed by atoms with van der Waals surface area (Å²) in [6.45, 7) is 0.359. The molecule has 0 aliphatic carbocycles. The van der Waals surface area contributed by atoms with Gasteiger partial charge in [-0.25, -0.2) is 0 Å². The summed E-state index contributed by atoms with van der Waals surface area (Å²) in [6, 6.07) is 11.1. The Hall–Kier alpha value is -2.11. The molecule has 2 unspecified atom stereocenters. The van der Waals surface area contributed by atoms with Crippen molar-refractivity contribution >= 4 is 29.4 Å². The first kappa shape index (κ1) is 19.6. The lowest BCUT2D eigenvalue weighted by Crippen LogP contribution is -2.26. The predicted molar refractivity (Wildman–Crippen MR) is 107 cm³/mol. The summed E-state index contributed by atoms with van der Waals surface area (Å²) < 4.78 is 16.4. The van der Waals surface area contributed by atoms with E-state index in [0.29, 0.717) is 22.4 Å². The highest BCUT2D eigenvalue weighted by Gasteiger charge is 2.27. The van der Waals surface area contributed by atoms with Gasteiger partial charge in [0.15, 0.2) is 17.6 Å². The van der Waals surface area contributed by atoms with Crippen LogP contribution in [0.1, 0.15) is 12.0 Å². The van der Waals surface area contributed by atoms with Gasteiger partial charge >= 0.3 is 0 Å². The average Bonchev–Trinajstić information content (AvgIpc) is 3.12. The van der Waals surface area contributed by atoms with Gasteiger partial charge in [-0.15, -0.1) is 0 Å². The van der Waals surface area contributed by atoms with E-state index in [2.05, 4.69) is 5.16 Å². The summed E-state index contributed by atoms with van der Waals surface area (Å²) in [4.78, 5) is 5.45. The number of methoxy groups -OCH3 is 2. The summed E-state index contributed by atoms with van der Waals surface area (Å²) in [7, 11) is 3.26. The van der Waals surface area contributed by atoms with E-state index in [4.69, 9.17) is 42.3 Å². The zero-order valence-corrected chi connectivity index (χ0v) is 16.7. The van der Waals surface area contributed by atoms with Gasteiger partial charge in [-0.05, 0) is 48.7 Å². The lowest BCUT2D eigenvalue weighted by atomic mass is 9.96. The molecule has 7 heteroatoms. The van der Waals surface area contributed by atoms with Crippen molar-refractivity contribution in [2.24, 2.45) is 11.1 Å². The number of nitrogens with zero attached hydrogens (tertiary/aromatic N) is 1. The third kappa shape index (κ3) is 4.99. The second-order valence-electron chi connectivity index (χ2n) is 6.18. The first-order valence-corrected chi connectivity index (χ1v) is 9.34. The minimum Gasteiger partial charge on any atom is -0.493 e. The number of hydrogen-bond donors (Lipinski definition) is 0. The van der Waals surface area contributed by atoms with Crippen LogP contribution in [0.15, 0.2) is 41.6 Å². The highest BCUT2D eigenvalue weighted by molar-refractivity contribution is 6.35. The molecule has 5 nitrogen and oxygen atoms in total. The van der Waals surface area contributed by atoms with Crippen LogP contribution in [0.5, 0.6) is 17.2 Å². The monoisotopic (exact) mass is 409 g/mol. The van der Waals surface area contributed by atoms with E-state index in [1.807, 2.05) is 24.4 Å². The van der Waals surface area contributed by atoms with Crippen molar-refractivity contribution < 1.29 is 19.0 Å². The Morgan fingerprint density at radius 2 is 1.78 bits per heavy atom. The SMILES string of the molecule is COc1ccc(CCC2C=NOC2COc2ccc(Cl)cc2Cl)cc1OC. The molecule has 0 N–H and O–H groups in total. The van der Waals surface area contributed by atoms with Crippen molar-refractivity contribution in [1.29, 1.82) is 0 Å². The Labute approximate surface area is 168 Å². The van der Waals surface area contributed by atoms with Gasteiger partial charge in [0, 0.05) is 10.9 Å². The Morgan fingerprint density at radius 1 is 1.00 bits per heavy atom. The number of aryl methyl sites for hydroxylation is 1. The van der Waals surface area contributed by atoms with Crippen LogP contribution in [0.2, 0.25) is 10.0 Å². The van der Waals surface area contributed by atoms with E-state index >= 15 is 0 Å². The van der Waals surface area contributed by atoms with Crippen LogP contribution in [-0.4, -0.2) is 33.1 Å². The van der Waals surface area contributed by atoms with E-state index in [-0.39, 0.29) is 12.0 Å². The largest absolute Gasteiger partial charge is 0.493 e. The van der Waals surface area contributed by atoms with E-state index < -0.39 is 0 Å².